The number of fused-ring (bicyclic) bond motifs is 1. The lowest BCUT2D eigenvalue weighted by atomic mass is 9.97. The van der Waals surface area contributed by atoms with E-state index in [0.29, 0.717) is 4.88 Å². The van der Waals surface area contributed by atoms with E-state index in [-0.39, 0.29) is 17.9 Å². The maximum Gasteiger partial charge on any atom is 0.264 e. The number of nitrogens with one attached hydrogen (secondary N) is 1. The van der Waals surface area contributed by atoms with Crippen LogP contribution in [0.4, 0.5) is 5.00 Å². The van der Waals surface area contributed by atoms with E-state index < -0.39 is 0 Å². The summed E-state index contributed by atoms with van der Waals surface area (Å²) in [5, 5.41) is 5.56. The SMILES string of the molecule is CCC1c2ccsc2CCN1C(=O)c1ccc(NC(C)=O)s1. The van der Waals surface area contributed by atoms with Gasteiger partial charge >= 0.3 is 0 Å². The Labute approximate surface area is 137 Å². The average molecular weight is 334 g/mol. The Morgan fingerprint density at radius 2 is 2.18 bits per heavy atom. The van der Waals surface area contributed by atoms with Crippen molar-refractivity contribution < 1.29 is 9.59 Å². The predicted molar refractivity (Wildman–Crippen MR) is 90.7 cm³/mol. The van der Waals surface area contributed by atoms with Crippen LogP contribution in [0.3, 0.4) is 0 Å². The van der Waals surface area contributed by atoms with Gasteiger partial charge in [-0.3, -0.25) is 9.59 Å². The molecule has 1 unspecified atom stereocenters. The molecule has 1 N–H and O–H groups in total. The van der Waals surface area contributed by atoms with Crippen LogP contribution in [0.15, 0.2) is 23.6 Å². The van der Waals surface area contributed by atoms with Crippen molar-refractivity contribution in [2.24, 2.45) is 0 Å². The van der Waals surface area contributed by atoms with E-state index >= 15 is 0 Å². The Morgan fingerprint density at radius 1 is 1.36 bits per heavy atom. The normalized spacial score (nSPS) is 17.2. The van der Waals surface area contributed by atoms with Crippen LogP contribution in [0.1, 0.15) is 46.4 Å². The van der Waals surface area contributed by atoms with Crippen molar-refractivity contribution in [1.29, 1.82) is 0 Å². The van der Waals surface area contributed by atoms with Crippen molar-refractivity contribution in [2.45, 2.75) is 32.7 Å². The third-order valence-electron chi connectivity index (χ3n) is 3.86. The molecule has 0 spiro atoms. The fourth-order valence-corrected chi connectivity index (χ4v) is 4.75. The predicted octanol–water partition coefficient (Wildman–Crippen LogP) is 3.92. The second-order valence-corrected chi connectivity index (χ2v) is 7.40. The van der Waals surface area contributed by atoms with Gasteiger partial charge in [0.1, 0.15) is 0 Å². The number of thiophene rings is 2. The largest absolute Gasteiger partial charge is 0.331 e. The minimum absolute atomic E-state index is 0.0605. The topological polar surface area (TPSA) is 49.4 Å². The van der Waals surface area contributed by atoms with Crippen LogP contribution in [-0.4, -0.2) is 23.3 Å². The maximum atomic E-state index is 12.8. The van der Waals surface area contributed by atoms with Gasteiger partial charge in [0.25, 0.3) is 5.91 Å². The van der Waals surface area contributed by atoms with E-state index in [4.69, 9.17) is 0 Å². The Hall–Kier alpha value is -1.66. The molecule has 2 aromatic heterocycles. The summed E-state index contributed by atoms with van der Waals surface area (Å²) in [6.45, 7) is 4.35. The molecule has 0 aromatic carbocycles. The number of hydrogen-bond acceptors (Lipinski definition) is 4. The Kier molecular flexibility index (Phi) is 4.31. The van der Waals surface area contributed by atoms with Gasteiger partial charge in [-0.25, -0.2) is 0 Å². The zero-order chi connectivity index (χ0) is 15.7. The summed E-state index contributed by atoms with van der Waals surface area (Å²) in [5.74, 6) is -0.0570. The molecular weight excluding hydrogens is 316 g/mol. The highest BCUT2D eigenvalue weighted by Gasteiger charge is 2.31. The van der Waals surface area contributed by atoms with Gasteiger partial charge in [-0.1, -0.05) is 6.92 Å². The average Bonchev–Trinajstić information content (AvgIpc) is 3.13. The molecule has 6 heteroatoms. The van der Waals surface area contributed by atoms with Crippen LogP contribution in [-0.2, 0) is 11.2 Å². The third kappa shape index (κ3) is 2.80. The van der Waals surface area contributed by atoms with E-state index in [0.717, 1.165) is 24.4 Å². The molecule has 0 radical (unpaired) electrons. The number of hydrogen-bond donors (Lipinski definition) is 1. The summed E-state index contributed by atoms with van der Waals surface area (Å²) in [6.07, 6.45) is 1.85. The molecule has 1 atom stereocenters. The van der Waals surface area contributed by atoms with Gasteiger partial charge in [-0.2, -0.15) is 0 Å². The zero-order valence-electron chi connectivity index (χ0n) is 12.6. The van der Waals surface area contributed by atoms with Crippen LogP contribution >= 0.6 is 22.7 Å². The van der Waals surface area contributed by atoms with E-state index in [1.165, 1.54) is 28.7 Å². The Morgan fingerprint density at radius 3 is 2.91 bits per heavy atom. The fourth-order valence-electron chi connectivity index (χ4n) is 2.91. The molecule has 4 nitrogen and oxygen atoms in total. The number of carbonyl (C=O) groups is 2. The van der Waals surface area contributed by atoms with Crippen LogP contribution in [0, 0.1) is 0 Å². The Balaban J connectivity index is 1.83. The molecule has 1 aliphatic rings. The molecule has 2 amide bonds. The van der Waals surface area contributed by atoms with Crippen LogP contribution < -0.4 is 5.32 Å². The van der Waals surface area contributed by atoms with E-state index in [1.807, 2.05) is 4.90 Å². The summed E-state index contributed by atoms with van der Waals surface area (Å²) >= 11 is 3.12. The van der Waals surface area contributed by atoms with E-state index in [9.17, 15) is 9.59 Å². The first-order valence-electron chi connectivity index (χ1n) is 7.34. The minimum Gasteiger partial charge on any atom is -0.331 e. The molecule has 1 aliphatic heterocycles. The minimum atomic E-state index is -0.117. The second kappa shape index (κ2) is 6.22. The highest BCUT2D eigenvalue weighted by molar-refractivity contribution is 7.18. The molecule has 3 rings (SSSR count). The van der Waals surface area contributed by atoms with Crippen molar-refractivity contribution in [2.75, 3.05) is 11.9 Å². The first-order chi connectivity index (χ1) is 10.6. The van der Waals surface area contributed by atoms with Crippen molar-refractivity contribution >= 4 is 39.5 Å². The van der Waals surface area contributed by atoms with Crippen LogP contribution in [0.5, 0.6) is 0 Å². The Bertz CT molecular complexity index is 705. The van der Waals surface area contributed by atoms with Gasteiger partial charge in [-0.15, -0.1) is 22.7 Å². The van der Waals surface area contributed by atoms with Gasteiger partial charge in [0.2, 0.25) is 5.91 Å². The molecule has 0 aliphatic carbocycles. The van der Waals surface area contributed by atoms with Gasteiger partial charge in [0, 0.05) is 18.3 Å². The molecule has 2 aromatic rings. The van der Waals surface area contributed by atoms with E-state index in [1.54, 1.807) is 23.5 Å². The van der Waals surface area contributed by atoms with Crippen molar-refractivity contribution in [3.8, 4) is 0 Å². The third-order valence-corrected chi connectivity index (χ3v) is 5.84. The quantitative estimate of drug-likeness (QED) is 0.925. The summed E-state index contributed by atoms with van der Waals surface area (Å²) in [7, 11) is 0. The molecule has 3 heterocycles. The molecule has 0 saturated heterocycles. The lowest BCUT2D eigenvalue weighted by molar-refractivity contribution is -0.114. The summed E-state index contributed by atoms with van der Waals surface area (Å²) in [4.78, 5) is 28.0. The first kappa shape index (κ1) is 15.2. The monoisotopic (exact) mass is 334 g/mol. The number of nitrogens with zero attached hydrogens (tertiary/aromatic N) is 1. The smallest absolute Gasteiger partial charge is 0.264 e. The standard InChI is InChI=1S/C16H18N2O2S2/c1-3-12-11-7-9-21-13(11)6-8-18(12)16(20)14-4-5-15(22-14)17-10(2)19/h4-5,7,9,12H,3,6,8H2,1-2H3,(H,17,19). The van der Waals surface area contributed by atoms with E-state index in [2.05, 4.69) is 23.7 Å². The summed E-state index contributed by atoms with van der Waals surface area (Å²) < 4.78 is 0. The second-order valence-electron chi connectivity index (χ2n) is 5.32. The molecule has 0 fully saturated rings. The lowest BCUT2D eigenvalue weighted by Gasteiger charge is -2.35. The van der Waals surface area contributed by atoms with Crippen molar-refractivity contribution in [3.63, 3.8) is 0 Å². The highest BCUT2D eigenvalue weighted by Crippen LogP contribution is 2.37. The van der Waals surface area contributed by atoms with Gasteiger partial charge in [0.05, 0.1) is 15.9 Å². The summed E-state index contributed by atoms with van der Waals surface area (Å²) in [5.41, 5.74) is 1.30. The number of carbonyl (C=O) groups excluding carboxylic acids is 2. The molecular formula is C16H18N2O2S2. The van der Waals surface area contributed by atoms with Crippen LogP contribution in [0.2, 0.25) is 0 Å². The van der Waals surface area contributed by atoms with Gasteiger partial charge < -0.3 is 10.2 Å². The first-order valence-corrected chi connectivity index (χ1v) is 9.04. The van der Waals surface area contributed by atoms with Gasteiger partial charge in [-0.05, 0) is 42.0 Å². The number of rotatable bonds is 3. The zero-order valence-corrected chi connectivity index (χ0v) is 14.2. The van der Waals surface area contributed by atoms with Gasteiger partial charge in [0.15, 0.2) is 0 Å². The number of anilines is 1. The summed E-state index contributed by atoms with van der Waals surface area (Å²) in [6, 6.07) is 5.90. The van der Waals surface area contributed by atoms with Crippen molar-refractivity contribution in [3.05, 3.63) is 38.9 Å². The lowest BCUT2D eigenvalue weighted by Crippen LogP contribution is -2.38. The molecule has 22 heavy (non-hydrogen) atoms. The van der Waals surface area contributed by atoms with Crippen molar-refractivity contribution in [1.82, 2.24) is 4.90 Å². The molecule has 0 bridgehead atoms. The number of amides is 2. The highest BCUT2D eigenvalue weighted by atomic mass is 32.1. The van der Waals surface area contributed by atoms with Crippen LogP contribution in [0.25, 0.3) is 0 Å². The fraction of sp³-hybridized carbons (Fsp3) is 0.375. The maximum absolute atomic E-state index is 12.8. The molecule has 0 saturated carbocycles. The molecule has 116 valence electrons.